The molecule has 0 rings (SSSR count). The van der Waals surface area contributed by atoms with Crippen LogP contribution in [0.25, 0.3) is 0 Å². The van der Waals surface area contributed by atoms with E-state index < -0.39 is 9.84 Å². The van der Waals surface area contributed by atoms with Gasteiger partial charge in [0.25, 0.3) is 0 Å². The lowest BCUT2D eigenvalue weighted by Crippen LogP contribution is -2.23. The minimum atomic E-state index is -3.06. The molecular formula is C7H17NO3S. The average molecular weight is 195 g/mol. The Hall–Kier alpha value is -0.130. The van der Waals surface area contributed by atoms with Crippen LogP contribution in [0.1, 0.15) is 13.8 Å². The Balaban J connectivity index is 3.88. The minimum absolute atomic E-state index is 0.00968. The Morgan fingerprint density at radius 2 is 2.08 bits per heavy atom. The molecule has 1 unspecified atom stereocenters. The van der Waals surface area contributed by atoms with Gasteiger partial charge < -0.3 is 10.5 Å². The summed E-state index contributed by atoms with van der Waals surface area (Å²) in [6.07, 6.45) is 0. The molecule has 0 aliphatic rings. The molecule has 0 heterocycles. The number of rotatable bonds is 6. The molecule has 0 aromatic carbocycles. The van der Waals surface area contributed by atoms with E-state index in [1.54, 1.807) is 6.92 Å². The molecule has 0 radical (unpaired) electrons. The van der Waals surface area contributed by atoms with Crippen LogP contribution in [0.5, 0.6) is 0 Å². The molecule has 2 N–H and O–H groups in total. The van der Waals surface area contributed by atoms with Crippen molar-refractivity contribution in [3.05, 3.63) is 0 Å². The number of sulfone groups is 1. The summed E-state index contributed by atoms with van der Waals surface area (Å²) in [5.41, 5.74) is 5.30. The lowest BCUT2D eigenvalue weighted by atomic mass is 10.2. The first-order chi connectivity index (χ1) is 5.52. The molecule has 1 atom stereocenters. The Morgan fingerprint density at radius 3 is 2.50 bits per heavy atom. The van der Waals surface area contributed by atoms with Crippen molar-refractivity contribution in [2.24, 2.45) is 11.7 Å². The van der Waals surface area contributed by atoms with Crippen molar-refractivity contribution in [3.8, 4) is 0 Å². The van der Waals surface area contributed by atoms with E-state index in [1.165, 1.54) is 0 Å². The first-order valence-corrected chi connectivity index (χ1v) is 5.82. The third kappa shape index (κ3) is 5.51. The van der Waals surface area contributed by atoms with Crippen LogP contribution >= 0.6 is 0 Å². The van der Waals surface area contributed by atoms with Crippen LogP contribution in [0.4, 0.5) is 0 Å². The van der Waals surface area contributed by atoms with Gasteiger partial charge in [-0.15, -0.1) is 0 Å². The molecule has 0 aromatic rings. The van der Waals surface area contributed by atoms with Gasteiger partial charge in [0, 0.05) is 6.61 Å². The van der Waals surface area contributed by atoms with Gasteiger partial charge in [-0.3, -0.25) is 0 Å². The van der Waals surface area contributed by atoms with Crippen molar-refractivity contribution in [3.63, 3.8) is 0 Å². The third-order valence-electron chi connectivity index (χ3n) is 1.41. The van der Waals surface area contributed by atoms with Crippen molar-refractivity contribution in [1.29, 1.82) is 0 Å². The number of hydrogen-bond acceptors (Lipinski definition) is 4. The van der Waals surface area contributed by atoms with Gasteiger partial charge >= 0.3 is 0 Å². The van der Waals surface area contributed by atoms with Gasteiger partial charge in [0.2, 0.25) is 0 Å². The van der Waals surface area contributed by atoms with Gasteiger partial charge in [0.15, 0.2) is 9.84 Å². The molecule has 0 bridgehead atoms. The van der Waals surface area contributed by atoms with Gasteiger partial charge in [0.1, 0.15) is 5.94 Å². The monoisotopic (exact) mass is 195 g/mol. The van der Waals surface area contributed by atoms with E-state index in [4.69, 9.17) is 10.5 Å². The Labute approximate surface area is 74.0 Å². The molecule has 4 nitrogen and oxygen atoms in total. The average Bonchev–Trinajstić information content (AvgIpc) is 2.00. The lowest BCUT2D eigenvalue weighted by molar-refractivity contribution is 0.192. The molecule has 0 aliphatic heterocycles. The lowest BCUT2D eigenvalue weighted by Gasteiger charge is -2.08. The Kier molecular flexibility index (Phi) is 5.44. The maximum absolute atomic E-state index is 11.2. The molecular weight excluding hydrogens is 178 g/mol. The standard InChI is InChI=1S/C7H17NO3S/c1-3-11-6-12(9,10)5-7(2)4-8/h7H,3-6,8H2,1-2H3. The van der Waals surface area contributed by atoms with Crippen LogP contribution in [-0.2, 0) is 14.6 Å². The highest BCUT2D eigenvalue weighted by Crippen LogP contribution is 2.00. The van der Waals surface area contributed by atoms with Crippen LogP contribution in [0, 0.1) is 5.92 Å². The van der Waals surface area contributed by atoms with Crippen LogP contribution in [0.3, 0.4) is 0 Å². The fourth-order valence-electron chi connectivity index (χ4n) is 0.760. The molecule has 74 valence electrons. The SMILES string of the molecule is CCOCS(=O)(=O)CC(C)CN. The number of ether oxygens (including phenoxy) is 1. The number of nitrogens with two attached hydrogens (primary N) is 1. The predicted molar refractivity (Wildman–Crippen MR) is 48.5 cm³/mol. The van der Waals surface area contributed by atoms with Crippen molar-refractivity contribution < 1.29 is 13.2 Å². The summed E-state index contributed by atoms with van der Waals surface area (Å²) in [6.45, 7) is 4.40. The molecule has 0 aliphatic carbocycles. The zero-order valence-corrected chi connectivity index (χ0v) is 8.43. The van der Waals surface area contributed by atoms with Crippen LogP contribution < -0.4 is 5.73 Å². The first kappa shape index (κ1) is 11.9. The summed E-state index contributed by atoms with van der Waals surface area (Å²) >= 11 is 0. The molecule has 5 heteroatoms. The summed E-state index contributed by atoms with van der Waals surface area (Å²) in [5, 5.41) is 0. The van der Waals surface area contributed by atoms with Crippen molar-refractivity contribution >= 4 is 9.84 Å². The molecule has 0 amide bonds. The van der Waals surface area contributed by atoms with Gasteiger partial charge in [-0.25, -0.2) is 8.42 Å². The Bertz CT molecular complexity index is 201. The summed E-state index contributed by atoms with van der Waals surface area (Å²) in [5.74, 6) is -0.0624. The van der Waals surface area contributed by atoms with Crippen molar-refractivity contribution in [2.45, 2.75) is 13.8 Å². The third-order valence-corrected chi connectivity index (χ3v) is 3.01. The zero-order chi connectivity index (χ0) is 9.61. The smallest absolute Gasteiger partial charge is 0.174 e. The summed E-state index contributed by atoms with van der Waals surface area (Å²) in [4.78, 5) is 0. The topological polar surface area (TPSA) is 69.4 Å². The van der Waals surface area contributed by atoms with E-state index in [0.29, 0.717) is 13.2 Å². The quantitative estimate of drug-likeness (QED) is 0.647. The molecule has 0 fully saturated rings. The fourth-order valence-corrected chi connectivity index (χ4v) is 2.28. The maximum Gasteiger partial charge on any atom is 0.174 e. The predicted octanol–water partition coefficient (Wildman–Crippen LogP) is -0.01000. The van der Waals surface area contributed by atoms with Gasteiger partial charge in [-0.1, -0.05) is 6.92 Å². The molecule has 0 spiro atoms. The summed E-state index contributed by atoms with van der Waals surface area (Å²) in [7, 11) is -3.06. The van der Waals surface area contributed by atoms with Crippen molar-refractivity contribution in [2.75, 3.05) is 24.8 Å². The highest BCUT2D eigenvalue weighted by molar-refractivity contribution is 7.91. The van der Waals surface area contributed by atoms with Crippen LogP contribution in [-0.4, -0.2) is 33.3 Å². The van der Waals surface area contributed by atoms with Gasteiger partial charge in [0.05, 0.1) is 5.75 Å². The van der Waals surface area contributed by atoms with E-state index in [2.05, 4.69) is 0 Å². The molecule has 0 aromatic heterocycles. The molecule has 12 heavy (non-hydrogen) atoms. The Morgan fingerprint density at radius 1 is 1.50 bits per heavy atom. The second-order valence-corrected chi connectivity index (χ2v) is 4.92. The molecule has 0 saturated carbocycles. The second-order valence-electron chi connectivity index (χ2n) is 2.86. The van der Waals surface area contributed by atoms with E-state index in [0.717, 1.165) is 0 Å². The maximum atomic E-state index is 11.2. The zero-order valence-electron chi connectivity index (χ0n) is 7.62. The summed E-state index contributed by atoms with van der Waals surface area (Å²) in [6, 6.07) is 0. The largest absolute Gasteiger partial charge is 0.366 e. The minimum Gasteiger partial charge on any atom is -0.366 e. The summed E-state index contributed by atoms with van der Waals surface area (Å²) < 4.78 is 27.2. The first-order valence-electron chi connectivity index (χ1n) is 4.00. The van der Waals surface area contributed by atoms with Gasteiger partial charge in [-0.05, 0) is 19.4 Å². The van der Waals surface area contributed by atoms with E-state index in [-0.39, 0.29) is 17.6 Å². The van der Waals surface area contributed by atoms with E-state index >= 15 is 0 Å². The highest BCUT2D eigenvalue weighted by Gasteiger charge is 2.14. The van der Waals surface area contributed by atoms with Gasteiger partial charge in [-0.2, -0.15) is 0 Å². The normalized spacial score (nSPS) is 14.6. The number of hydrogen-bond donors (Lipinski definition) is 1. The van der Waals surface area contributed by atoms with Crippen molar-refractivity contribution in [1.82, 2.24) is 0 Å². The fraction of sp³-hybridized carbons (Fsp3) is 1.00. The second kappa shape index (κ2) is 5.50. The highest BCUT2D eigenvalue weighted by atomic mass is 32.2. The van der Waals surface area contributed by atoms with Crippen LogP contribution in [0.15, 0.2) is 0 Å². The van der Waals surface area contributed by atoms with E-state index in [9.17, 15) is 8.42 Å². The molecule has 0 saturated heterocycles. The van der Waals surface area contributed by atoms with E-state index in [1.807, 2.05) is 6.92 Å². The van der Waals surface area contributed by atoms with Crippen LogP contribution in [0.2, 0.25) is 0 Å².